The number of fused-ring (bicyclic) bond motifs is 3. The smallest absolute Gasteiger partial charge is 0.230 e. The predicted octanol–water partition coefficient (Wildman–Crippen LogP) is 5.46. The van der Waals surface area contributed by atoms with Crippen LogP contribution in [0.4, 0.5) is 0 Å². The van der Waals surface area contributed by atoms with Gasteiger partial charge in [-0.15, -0.1) is 0 Å². The first-order chi connectivity index (χ1) is 16.7. The SMILES string of the molecule is CCc1c(-c2ccc(OC)c(OC)c2)[nH]c2ccc(-c3noc(C4C[C@H]5CC[C@@H](C4)N5)n3)cc12. The maximum absolute atomic E-state index is 5.75. The molecule has 176 valence electrons. The zero-order chi connectivity index (χ0) is 23.2. The van der Waals surface area contributed by atoms with Gasteiger partial charge < -0.3 is 24.3 Å². The highest BCUT2D eigenvalue weighted by atomic mass is 16.5. The second-order valence-corrected chi connectivity index (χ2v) is 9.42. The number of methoxy groups -OCH3 is 2. The molecule has 0 saturated carbocycles. The Morgan fingerprint density at radius 1 is 0.971 bits per heavy atom. The van der Waals surface area contributed by atoms with Crippen molar-refractivity contribution in [2.24, 2.45) is 0 Å². The zero-order valence-electron chi connectivity index (χ0n) is 19.9. The summed E-state index contributed by atoms with van der Waals surface area (Å²) in [6.45, 7) is 2.18. The summed E-state index contributed by atoms with van der Waals surface area (Å²) >= 11 is 0. The van der Waals surface area contributed by atoms with Crippen molar-refractivity contribution in [3.63, 3.8) is 0 Å². The van der Waals surface area contributed by atoms with Gasteiger partial charge in [0.25, 0.3) is 0 Å². The summed E-state index contributed by atoms with van der Waals surface area (Å²) in [6, 6.07) is 13.6. The van der Waals surface area contributed by atoms with Crippen molar-refractivity contribution < 1.29 is 14.0 Å². The minimum absolute atomic E-state index is 0.360. The second-order valence-electron chi connectivity index (χ2n) is 9.42. The van der Waals surface area contributed by atoms with Crippen molar-refractivity contribution >= 4 is 10.9 Å². The van der Waals surface area contributed by atoms with Crippen LogP contribution in [-0.2, 0) is 6.42 Å². The van der Waals surface area contributed by atoms with E-state index in [1.165, 1.54) is 23.8 Å². The average molecular weight is 459 g/mol. The van der Waals surface area contributed by atoms with Crippen LogP contribution < -0.4 is 14.8 Å². The Labute approximate surface area is 198 Å². The molecule has 34 heavy (non-hydrogen) atoms. The minimum atomic E-state index is 0.360. The number of rotatable bonds is 6. The van der Waals surface area contributed by atoms with E-state index in [1.54, 1.807) is 14.2 Å². The molecule has 0 spiro atoms. The Bertz CT molecular complexity index is 1330. The first-order valence-electron chi connectivity index (χ1n) is 12.1. The number of hydrogen-bond acceptors (Lipinski definition) is 6. The number of ether oxygens (including phenoxy) is 2. The standard InChI is InChI=1S/C27H30N4O3/c1-4-20-21-13-16(26-30-27(34-31-26)17-11-18-7-8-19(12-17)28-18)5-9-22(21)29-25(20)15-6-10-23(32-2)24(14-15)33-3/h5-6,9-10,13-14,17-19,28-29H,4,7-8,11-12H2,1-3H3/t17?,18-,19+. The summed E-state index contributed by atoms with van der Waals surface area (Å²) in [5, 5.41) is 9.21. The van der Waals surface area contributed by atoms with Crippen molar-refractivity contribution in [3.05, 3.63) is 47.9 Å². The molecule has 2 aliphatic rings. The Morgan fingerprint density at radius 3 is 2.47 bits per heavy atom. The molecule has 2 aliphatic heterocycles. The highest BCUT2D eigenvalue weighted by Crippen LogP contribution is 2.39. The quantitative estimate of drug-likeness (QED) is 0.399. The molecule has 6 rings (SSSR count). The van der Waals surface area contributed by atoms with Crippen molar-refractivity contribution in [1.29, 1.82) is 0 Å². The first-order valence-corrected chi connectivity index (χ1v) is 12.1. The lowest BCUT2D eigenvalue weighted by Crippen LogP contribution is -2.37. The van der Waals surface area contributed by atoms with Crippen molar-refractivity contribution in [3.8, 4) is 34.1 Å². The van der Waals surface area contributed by atoms with Gasteiger partial charge in [-0.05, 0) is 74.1 Å². The fourth-order valence-electron chi connectivity index (χ4n) is 5.77. The van der Waals surface area contributed by atoms with Gasteiger partial charge in [-0.3, -0.25) is 0 Å². The fourth-order valence-corrected chi connectivity index (χ4v) is 5.77. The van der Waals surface area contributed by atoms with Crippen LogP contribution in [0.1, 0.15) is 50.0 Å². The van der Waals surface area contributed by atoms with E-state index in [4.69, 9.17) is 19.0 Å². The lowest BCUT2D eigenvalue weighted by atomic mass is 9.92. The van der Waals surface area contributed by atoms with Gasteiger partial charge in [0, 0.05) is 45.7 Å². The molecular weight excluding hydrogens is 428 g/mol. The average Bonchev–Trinajstić information content (AvgIpc) is 3.59. The number of benzene rings is 2. The minimum Gasteiger partial charge on any atom is -0.493 e. The van der Waals surface area contributed by atoms with Gasteiger partial charge in [0.15, 0.2) is 11.5 Å². The summed E-state index contributed by atoms with van der Waals surface area (Å²) in [5.41, 5.74) is 5.47. The molecule has 2 aromatic carbocycles. The van der Waals surface area contributed by atoms with Crippen LogP contribution in [0.2, 0.25) is 0 Å². The summed E-state index contributed by atoms with van der Waals surface area (Å²) in [7, 11) is 3.31. The molecule has 7 nitrogen and oxygen atoms in total. The van der Waals surface area contributed by atoms with E-state index in [2.05, 4.69) is 46.6 Å². The molecule has 0 amide bonds. The van der Waals surface area contributed by atoms with Crippen molar-refractivity contribution in [2.75, 3.05) is 14.2 Å². The van der Waals surface area contributed by atoms with Gasteiger partial charge >= 0.3 is 0 Å². The highest BCUT2D eigenvalue weighted by molar-refractivity contribution is 5.93. The van der Waals surface area contributed by atoms with Gasteiger partial charge in [0.2, 0.25) is 11.7 Å². The highest BCUT2D eigenvalue weighted by Gasteiger charge is 2.36. The molecule has 0 aliphatic carbocycles. The van der Waals surface area contributed by atoms with Crippen LogP contribution >= 0.6 is 0 Å². The molecule has 4 aromatic rings. The Kier molecular flexibility index (Phi) is 5.29. The maximum Gasteiger partial charge on any atom is 0.230 e. The van der Waals surface area contributed by atoms with Gasteiger partial charge in [0.1, 0.15) is 0 Å². The fraction of sp³-hybridized carbons (Fsp3) is 0.407. The van der Waals surface area contributed by atoms with Crippen LogP contribution in [0.15, 0.2) is 40.9 Å². The summed E-state index contributed by atoms with van der Waals surface area (Å²) in [4.78, 5) is 8.43. The molecule has 2 saturated heterocycles. The Hall–Kier alpha value is -3.32. The number of nitrogens with zero attached hydrogens (tertiary/aromatic N) is 2. The van der Waals surface area contributed by atoms with Crippen molar-refractivity contribution in [1.82, 2.24) is 20.4 Å². The number of aromatic amines is 1. The monoisotopic (exact) mass is 458 g/mol. The predicted molar refractivity (Wildman–Crippen MR) is 131 cm³/mol. The summed E-state index contributed by atoms with van der Waals surface area (Å²) in [5.74, 6) is 3.24. The van der Waals surface area contributed by atoms with E-state index in [9.17, 15) is 0 Å². The molecule has 0 radical (unpaired) electrons. The van der Waals surface area contributed by atoms with Crippen LogP contribution in [0, 0.1) is 0 Å². The van der Waals surface area contributed by atoms with Crippen molar-refractivity contribution in [2.45, 2.75) is 57.0 Å². The molecule has 3 atom stereocenters. The van der Waals surface area contributed by atoms with Crippen LogP contribution in [0.25, 0.3) is 33.5 Å². The number of piperidine rings is 1. The third-order valence-corrected chi connectivity index (χ3v) is 7.45. The summed E-state index contributed by atoms with van der Waals surface area (Å²) in [6.07, 6.45) is 5.58. The first kappa shape index (κ1) is 21.2. The van der Waals surface area contributed by atoms with E-state index >= 15 is 0 Å². The number of hydrogen-bond donors (Lipinski definition) is 2. The van der Waals surface area contributed by atoms with Crippen LogP contribution in [0.5, 0.6) is 11.5 Å². The molecule has 7 heteroatoms. The van der Waals surface area contributed by atoms with E-state index in [-0.39, 0.29) is 0 Å². The summed E-state index contributed by atoms with van der Waals surface area (Å²) < 4.78 is 16.7. The Morgan fingerprint density at radius 2 is 1.74 bits per heavy atom. The largest absolute Gasteiger partial charge is 0.493 e. The maximum atomic E-state index is 5.75. The molecular formula is C27H30N4O3. The van der Waals surface area contributed by atoms with Gasteiger partial charge in [-0.25, -0.2) is 0 Å². The molecule has 4 heterocycles. The third-order valence-electron chi connectivity index (χ3n) is 7.45. The van der Waals surface area contributed by atoms with Crippen LogP contribution in [-0.4, -0.2) is 41.4 Å². The molecule has 1 unspecified atom stereocenters. The van der Waals surface area contributed by atoms with Gasteiger partial charge in [-0.2, -0.15) is 4.98 Å². The molecule has 2 bridgehead atoms. The number of aryl methyl sites for hydroxylation is 1. The van der Waals surface area contributed by atoms with Gasteiger partial charge in [-0.1, -0.05) is 12.1 Å². The Balaban J connectivity index is 1.35. The van der Waals surface area contributed by atoms with E-state index < -0.39 is 0 Å². The normalized spacial score (nSPS) is 21.8. The lowest BCUT2D eigenvalue weighted by molar-refractivity contribution is 0.287. The number of nitrogens with one attached hydrogen (secondary N) is 2. The number of aromatic nitrogens is 3. The molecule has 2 N–H and O–H groups in total. The zero-order valence-corrected chi connectivity index (χ0v) is 19.9. The second kappa shape index (κ2) is 8.47. The van der Waals surface area contributed by atoms with E-state index in [0.29, 0.717) is 29.6 Å². The van der Waals surface area contributed by atoms with Crippen LogP contribution in [0.3, 0.4) is 0 Å². The lowest BCUT2D eigenvalue weighted by Gasteiger charge is -2.26. The van der Waals surface area contributed by atoms with Gasteiger partial charge in [0.05, 0.1) is 14.2 Å². The number of H-pyrrole nitrogens is 1. The van der Waals surface area contributed by atoms with E-state index in [1.807, 2.05) is 12.1 Å². The van der Waals surface area contributed by atoms with E-state index in [0.717, 1.165) is 53.2 Å². The topological polar surface area (TPSA) is 85.2 Å². The molecule has 2 fully saturated rings. The third kappa shape index (κ3) is 3.55. The molecule has 2 aromatic heterocycles.